The minimum Gasteiger partial charge on any atom is -0.494 e. The van der Waals surface area contributed by atoms with Crippen molar-refractivity contribution < 1.29 is 9.84 Å². The number of aliphatic hydroxyl groups is 1. The number of hydrogen-bond acceptors (Lipinski definition) is 2. The maximum atomic E-state index is 10.3. The first-order valence-electron chi connectivity index (χ1n) is 5.62. The molecule has 1 aromatic rings. The van der Waals surface area contributed by atoms with Gasteiger partial charge in [-0.25, -0.2) is 0 Å². The van der Waals surface area contributed by atoms with Gasteiger partial charge in [0.1, 0.15) is 5.75 Å². The first-order valence-corrected chi connectivity index (χ1v) is 5.62. The molecule has 0 aliphatic heterocycles. The van der Waals surface area contributed by atoms with Crippen LogP contribution in [0.3, 0.4) is 0 Å². The van der Waals surface area contributed by atoms with E-state index in [9.17, 15) is 5.11 Å². The van der Waals surface area contributed by atoms with E-state index in [0.29, 0.717) is 6.61 Å². The minimum absolute atomic E-state index is 0.672. The Labute approximate surface area is 91.9 Å². The Bertz CT molecular complexity index is 286. The molecule has 0 fully saturated rings. The van der Waals surface area contributed by atoms with Crippen LogP contribution in [0.2, 0.25) is 0 Å². The fourth-order valence-electron chi connectivity index (χ4n) is 1.69. The Morgan fingerprint density at radius 2 is 1.60 bits per heavy atom. The van der Waals surface area contributed by atoms with Gasteiger partial charge in [0, 0.05) is 0 Å². The predicted molar refractivity (Wildman–Crippen MR) is 62.1 cm³/mol. The summed E-state index contributed by atoms with van der Waals surface area (Å²) in [5.74, 6) is 0.857. The Hall–Kier alpha value is -1.02. The first-order chi connectivity index (χ1) is 7.16. The standard InChI is InChI=1S/C13H20O2/c1-4-13(14,5-2)11-7-9-12(10-8-11)15-6-3/h7-10,14H,4-6H2,1-3H3. The quantitative estimate of drug-likeness (QED) is 0.805. The highest BCUT2D eigenvalue weighted by Crippen LogP contribution is 2.29. The molecule has 1 rings (SSSR count). The molecule has 0 saturated carbocycles. The molecule has 0 unspecified atom stereocenters. The Morgan fingerprint density at radius 1 is 1.07 bits per heavy atom. The van der Waals surface area contributed by atoms with Crippen molar-refractivity contribution in [3.8, 4) is 5.75 Å². The molecule has 2 nitrogen and oxygen atoms in total. The Morgan fingerprint density at radius 3 is 2.00 bits per heavy atom. The predicted octanol–water partition coefficient (Wildman–Crippen LogP) is 3.09. The van der Waals surface area contributed by atoms with Gasteiger partial charge in [-0.3, -0.25) is 0 Å². The molecule has 0 spiro atoms. The lowest BCUT2D eigenvalue weighted by Crippen LogP contribution is -2.23. The van der Waals surface area contributed by atoms with Gasteiger partial charge in [0.2, 0.25) is 0 Å². The largest absolute Gasteiger partial charge is 0.494 e. The van der Waals surface area contributed by atoms with E-state index in [1.807, 2.05) is 45.0 Å². The van der Waals surface area contributed by atoms with Crippen LogP contribution in [0.4, 0.5) is 0 Å². The van der Waals surface area contributed by atoms with Crippen LogP contribution < -0.4 is 4.74 Å². The summed E-state index contributed by atoms with van der Waals surface area (Å²) < 4.78 is 5.36. The summed E-state index contributed by atoms with van der Waals surface area (Å²) in [5.41, 5.74) is 0.279. The van der Waals surface area contributed by atoms with E-state index in [-0.39, 0.29) is 0 Å². The first kappa shape index (κ1) is 12.1. The second-order valence-corrected chi connectivity index (χ2v) is 3.70. The summed E-state index contributed by atoms with van der Waals surface area (Å²) in [6.45, 7) is 6.63. The maximum Gasteiger partial charge on any atom is 0.119 e. The van der Waals surface area contributed by atoms with Gasteiger partial charge in [-0.2, -0.15) is 0 Å². The van der Waals surface area contributed by atoms with Crippen LogP contribution in [0.15, 0.2) is 24.3 Å². The van der Waals surface area contributed by atoms with Crippen molar-refractivity contribution in [2.45, 2.75) is 39.2 Å². The molecule has 0 amide bonds. The summed E-state index contributed by atoms with van der Waals surface area (Å²) in [6.07, 6.45) is 1.47. The van der Waals surface area contributed by atoms with Crippen LogP contribution in [0.1, 0.15) is 39.2 Å². The summed E-state index contributed by atoms with van der Waals surface area (Å²) >= 11 is 0. The molecular weight excluding hydrogens is 188 g/mol. The fourth-order valence-corrected chi connectivity index (χ4v) is 1.69. The van der Waals surface area contributed by atoms with E-state index in [1.165, 1.54) is 0 Å². The number of benzene rings is 1. The van der Waals surface area contributed by atoms with Crippen LogP contribution in [0.5, 0.6) is 5.75 Å². The van der Waals surface area contributed by atoms with Gasteiger partial charge in [-0.15, -0.1) is 0 Å². The van der Waals surface area contributed by atoms with Crippen LogP contribution in [-0.4, -0.2) is 11.7 Å². The molecular formula is C13H20O2. The third-order valence-corrected chi connectivity index (χ3v) is 2.87. The SMILES string of the molecule is CCOc1ccc(C(O)(CC)CC)cc1. The number of rotatable bonds is 5. The average molecular weight is 208 g/mol. The summed E-state index contributed by atoms with van der Waals surface area (Å²) in [5, 5.41) is 10.3. The monoisotopic (exact) mass is 208 g/mol. The molecule has 0 radical (unpaired) electrons. The van der Waals surface area contributed by atoms with E-state index in [4.69, 9.17) is 4.74 Å². The lowest BCUT2D eigenvalue weighted by Gasteiger charge is -2.25. The van der Waals surface area contributed by atoms with Crippen molar-refractivity contribution in [3.05, 3.63) is 29.8 Å². The highest BCUT2D eigenvalue weighted by Gasteiger charge is 2.24. The molecule has 0 bridgehead atoms. The highest BCUT2D eigenvalue weighted by molar-refractivity contribution is 5.30. The van der Waals surface area contributed by atoms with Crippen molar-refractivity contribution in [2.24, 2.45) is 0 Å². The Balaban J connectivity index is 2.87. The fraction of sp³-hybridized carbons (Fsp3) is 0.538. The van der Waals surface area contributed by atoms with E-state index in [1.54, 1.807) is 0 Å². The molecule has 0 heterocycles. The van der Waals surface area contributed by atoms with Gasteiger partial charge in [0.25, 0.3) is 0 Å². The van der Waals surface area contributed by atoms with E-state index in [2.05, 4.69) is 0 Å². The molecule has 0 atom stereocenters. The van der Waals surface area contributed by atoms with Crippen LogP contribution in [0, 0.1) is 0 Å². The van der Waals surface area contributed by atoms with Crippen LogP contribution in [-0.2, 0) is 5.60 Å². The van der Waals surface area contributed by atoms with Gasteiger partial charge in [-0.05, 0) is 37.5 Å². The van der Waals surface area contributed by atoms with Gasteiger partial charge in [0.15, 0.2) is 0 Å². The van der Waals surface area contributed by atoms with E-state index >= 15 is 0 Å². The molecule has 84 valence electrons. The van der Waals surface area contributed by atoms with Crippen molar-refractivity contribution in [1.82, 2.24) is 0 Å². The normalized spacial score (nSPS) is 11.5. The van der Waals surface area contributed by atoms with Crippen LogP contribution >= 0.6 is 0 Å². The zero-order valence-electron chi connectivity index (χ0n) is 9.79. The van der Waals surface area contributed by atoms with Crippen molar-refractivity contribution in [1.29, 1.82) is 0 Å². The second-order valence-electron chi connectivity index (χ2n) is 3.70. The average Bonchev–Trinajstić information content (AvgIpc) is 2.29. The Kier molecular flexibility index (Phi) is 4.15. The zero-order valence-corrected chi connectivity index (χ0v) is 9.79. The maximum absolute atomic E-state index is 10.3. The summed E-state index contributed by atoms with van der Waals surface area (Å²) in [7, 11) is 0. The highest BCUT2D eigenvalue weighted by atomic mass is 16.5. The van der Waals surface area contributed by atoms with E-state index in [0.717, 1.165) is 24.2 Å². The van der Waals surface area contributed by atoms with Gasteiger partial charge >= 0.3 is 0 Å². The van der Waals surface area contributed by atoms with Gasteiger partial charge in [0.05, 0.1) is 12.2 Å². The van der Waals surface area contributed by atoms with Crippen molar-refractivity contribution in [3.63, 3.8) is 0 Å². The number of hydrogen-bond donors (Lipinski definition) is 1. The summed E-state index contributed by atoms with van der Waals surface area (Å²) in [4.78, 5) is 0. The molecule has 15 heavy (non-hydrogen) atoms. The zero-order chi connectivity index (χ0) is 11.3. The van der Waals surface area contributed by atoms with Crippen LogP contribution in [0.25, 0.3) is 0 Å². The van der Waals surface area contributed by atoms with E-state index < -0.39 is 5.60 Å². The molecule has 0 aromatic heterocycles. The lowest BCUT2D eigenvalue weighted by molar-refractivity contribution is 0.0283. The molecule has 0 aliphatic carbocycles. The minimum atomic E-state index is -0.690. The third kappa shape index (κ3) is 2.72. The molecule has 2 heteroatoms. The second kappa shape index (κ2) is 5.17. The summed E-state index contributed by atoms with van der Waals surface area (Å²) in [6, 6.07) is 7.71. The lowest BCUT2D eigenvalue weighted by atomic mass is 9.89. The third-order valence-electron chi connectivity index (χ3n) is 2.87. The van der Waals surface area contributed by atoms with Crippen molar-refractivity contribution in [2.75, 3.05) is 6.61 Å². The smallest absolute Gasteiger partial charge is 0.119 e. The molecule has 0 aliphatic rings. The molecule has 1 N–H and O–H groups in total. The molecule has 1 aromatic carbocycles. The van der Waals surface area contributed by atoms with Gasteiger partial charge < -0.3 is 9.84 Å². The topological polar surface area (TPSA) is 29.5 Å². The molecule has 0 saturated heterocycles. The van der Waals surface area contributed by atoms with Crippen molar-refractivity contribution >= 4 is 0 Å². The number of ether oxygens (including phenoxy) is 1. The van der Waals surface area contributed by atoms with Gasteiger partial charge in [-0.1, -0.05) is 26.0 Å².